The number of amides is 1. The van der Waals surface area contributed by atoms with Gasteiger partial charge in [-0.25, -0.2) is 4.79 Å². The topological polar surface area (TPSA) is 64.3 Å². The van der Waals surface area contributed by atoms with Crippen molar-refractivity contribution in [2.24, 2.45) is 11.7 Å². The molecule has 1 atom stereocenters. The van der Waals surface area contributed by atoms with E-state index >= 15 is 0 Å². The number of carbonyl (C=O) groups excluding carboxylic acids is 1. The monoisotopic (exact) mass is 214 g/mol. The number of rotatable bonds is 3. The molecule has 1 saturated carbocycles. The maximum absolute atomic E-state index is 11.3. The summed E-state index contributed by atoms with van der Waals surface area (Å²) in [6, 6.07) is 0.0752. The van der Waals surface area contributed by atoms with Gasteiger partial charge in [-0.1, -0.05) is 6.42 Å². The molecular formula is C11H22N2O2. The number of ether oxygens (including phenoxy) is 1. The standard InChI is InChI=1S/C11H22N2O2/c1-11(2,3)15-10(14)13-7-9(12)8-5-4-6-8/h8-9H,4-7,12H2,1-3H3,(H,13,14)/t9-/m0/s1. The van der Waals surface area contributed by atoms with Crippen LogP contribution in [0, 0.1) is 5.92 Å². The van der Waals surface area contributed by atoms with Crippen molar-refractivity contribution in [1.82, 2.24) is 5.32 Å². The number of nitrogens with two attached hydrogens (primary N) is 1. The minimum atomic E-state index is -0.440. The van der Waals surface area contributed by atoms with E-state index < -0.39 is 5.60 Å². The van der Waals surface area contributed by atoms with Crippen LogP contribution in [0.15, 0.2) is 0 Å². The third-order valence-electron chi connectivity index (χ3n) is 2.64. The van der Waals surface area contributed by atoms with E-state index in [-0.39, 0.29) is 12.1 Å². The van der Waals surface area contributed by atoms with Crippen LogP contribution in [0.5, 0.6) is 0 Å². The Bertz CT molecular complexity index is 219. The minimum absolute atomic E-state index is 0.0752. The summed E-state index contributed by atoms with van der Waals surface area (Å²) in [5.41, 5.74) is 5.48. The summed E-state index contributed by atoms with van der Waals surface area (Å²) in [6.45, 7) is 6.05. The van der Waals surface area contributed by atoms with Gasteiger partial charge >= 0.3 is 6.09 Å². The molecule has 1 amide bonds. The summed E-state index contributed by atoms with van der Waals surface area (Å²) in [7, 11) is 0. The van der Waals surface area contributed by atoms with Gasteiger partial charge in [0, 0.05) is 12.6 Å². The minimum Gasteiger partial charge on any atom is -0.444 e. The summed E-state index contributed by atoms with van der Waals surface area (Å²) in [4.78, 5) is 11.3. The van der Waals surface area contributed by atoms with Gasteiger partial charge in [0.25, 0.3) is 0 Å². The first kappa shape index (κ1) is 12.3. The molecule has 0 radical (unpaired) electrons. The van der Waals surface area contributed by atoms with E-state index in [1.165, 1.54) is 19.3 Å². The van der Waals surface area contributed by atoms with Crippen LogP contribution >= 0.6 is 0 Å². The average molecular weight is 214 g/mol. The lowest BCUT2D eigenvalue weighted by atomic mass is 9.80. The second-order valence-corrected chi connectivity index (χ2v) is 5.24. The van der Waals surface area contributed by atoms with Gasteiger partial charge < -0.3 is 15.8 Å². The summed E-state index contributed by atoms with van der Waals surface area (Å²) < 4.78 is 5.11. The van der Waals surface area contributed by atoms with Crippen LogP contribution in [0.3, 0.4) is 0 Å². The Hall–Kier alpha value is -0.770. The zero-order valence-electron chi connectivity index (χ0n) is 9.88. The Balaban J connectivity index is 2.15. The summed E-state index contributed by atoms with van der Waals surface area (Å²) >= 11 is 0. The lowest BCUT2D eigenvalue weighted by Gasteiger charge is -2.31. The molecule has 1 aliphatic rings. The molecular weight excluding hydrogens is 192 g/mol. The Morgan fingerprint density at radius 3 is 2.53 bits per heavy atom. The zero-order chi connectivity index (χ0) is 11.5. The van der Waals surface area contributed by atoms with E-state index in [9.17, 15) is 4.79 Å². The van der Waals surface area contributed by atoms with Gasteiger partial charge in [0.15, 0.2) is 0 Å². The number of hydrogen-bond acceptors (Lipinski definition) is 3. The van der Waals surface area contributed by atoms with Gasteiger partial charge in [0.1, 0.15) is 5.60 Å². The third-order valence-corrected chi connectivity index (χ3v) is 2.64. The first-order chi connectivity index (χ1) is 6.88. The highest BCUT2D eigenvalue weighted by Crippen LogP contribution is 2.28. The Kier molecular flexibility index (Phi) is 3.97. The van der Waals surface area contributed by atoms with Gasteiger partial charge in [0.2, 0.25) is 0 Å². The lowest BCUT2D eigenvalue weighted by Crippen LogP contribution is -2.45. The van der Waals surface area contributed by atoms with Crippen LogP contribution in [0.1, 0.15) is 40.0 Å². The predicted octanol–water partition coefficient (Wildman–Crippen LogP) is 1.64. The molecule has 3 N–H and O–H groups in total. The van der Waals surface area contributed by atoms with Crippen molar-refractivity contribution < 1.29 is 9.53 Å². The maximum atomic E-state index is 11.3. The highest BCUT2D eigenvalue weighted by Gasteiger charge is 2.25. The quantitative estimate of drug-likeness (QED) is 0.750. The molecule has 0 heterocycles. The van der Waals surface area contributed by atoms with Gasteiger partial charge in [-0.2, -0.15) is 0 Å². The van der Waals surface area contributed by atoms with Crippen molar-refractivity contribution in [2.75, 3.05) is 6.54 Å². The van der Waals surface area contributed by atoms with Crippen molar-refractivity contribution >= 4 is 6.09 Å². The van der Waals surface area contributed by atoms with E-state index in [1.54, 1.807) is 0 Å². The Morgan fingerprint density at radius 1 is 1.53 bits per heavy atom. The van der Waals surface area contributed by atoms with E-state index in [1.807, 2.05) is 20.8 Å². The van der Waals surface area contributed by atoms with Crippen LogP contribution < -0.4 is 11.1 Å². The molecule has 1 aliphatic carbocycles. The Morgan fingerprint density at radius 2 is 2.13 bits per heavy atom. The predicted molar refractivity (Wildman–Crippen MR) is 59.6 cm³/mol. The van der Waals surface area contributed by atoms with E-state index in [2.05, 4.69) is 5.32 Å². The highest BCUT2D eigenvalue weighted by atomic mass is 16.6. The molecule has 15 heavy (non-hydrogen) atoms. The van der Waals surface area contributed by atoms with Crippen molar-refractivity contribution in [1.29, 1.82) is 0 Å². The normalized spacial score (nSPS) is 19.2. The second kappa shape index (κ2) is 4.84. The van der Waals surface area contributed by atoms with Gasteiger partial charge in [-0.3, -0.25) is 0 Å². The molecule has 1 fully saturated rings. The smallest absolute Gasteiger partial charge is 0.407 e. The molecule has 0 aromatic rings. The molecule has 0 unspecified atom stereocenters. The number of alkyl carbamates (subject to hydrolysis) is 1. The van der Waals surface area contributed by atoms with Crippen LogP contribution in [0.25, 0.3) is 0 Å². The molecule has 0 aromatic heterocycles. The molecule has 4 heteroatoms. The van der Waals surface area contributed by atoms with Gasteiger partial charge in [0.05, 0.1) is 0 Å². The molecule has 0 spiro atoms. The largest absolute Gasteiger partial charge is 0.444 e. The number of carbonyl (C=O) groups is 1. The lowest BCUT2D eigenvalue weighted by molar-refractivity contribution is 0.0517. The second-order valence-electron chi connectivity index (χ2n) is 5.24. The SMILES string of the molecule is CC(C)(C)OC(=O)NC[C@H](N)C1CCC1. The molecule has 0 saturated heterocycles. The Labute approximate surface area is 91.5 Å². The maximum Gasteiger partial charge on any atom is 0.407 e. The van der Waals surface area contributed by atoms with E-state index in [0.717, 1.165) is 0 Å². The van der Waals surface area contributed by atoms with E-state index in [4.69, 9.17) is 10.5 Å². The van der Waals surface area contributed by atoms with Crippen LogP contribution in [-0.2, 0) is 4.74 Å². The van der Waals surface area contributed by atoms with Gasteiger partial charge in [-0.05, 0) is 39.5 Å². The van der Waals surface area contributed by atoms with Crippen molar-refractivity contribution in [3.63, 3.8) is 0 Å². The van der Waals surface area contributed by atoms with Crippen molar-refractivity contribution in [3.05, 3.63) is 0 Å². The summed E-state index contributed by atoms with van der Waals surface area (Å²) in [5, 5.41) is 2.70. The molecule has 4 nitrogen and oxygen atoms in total. The van der Waals surface area contributed by atoms with Crippen molar-refractivity contribution in [3.8, 4) is 0 Å². The van der Waals surface area contributed by atoms with E-state index in [0.29, 0.717) is 12.5 Å². The molecule has 1 rings (SSSR count). The summed E-state index contributed by atoms with van der Waals surface area (Å²) in [6.07, 6.45) is 3.27. The molecule has 0 aromatic carbocycles. The van der Waals surface area contributed by atoms with Crippen LogP contribution in [-0.4, -0.2) is 24.3 Å². The summed E-state index contributed by atoms with van der Waals surface area (Å²) in [5.74, 6) is 0.583. The fourth-order valence-electron chi connectivity index (χ4n) is 1.55. The molecule has 88 valence electrons. The van der Waals surface area contributed by atoms with Crippen LogP contribution in [0.2, 0.25) is 0 Å². The van der Waals surface area contributed by atoms with Crippen LogP contribution in [0.4, 0.5) is 4.79 Å². The fourth-order valence-corrected chi connectivity index (χ4v) is 1.55. The third kappa shape index (κ3) is 4.51. The molecule has 0 bridgehead atoms. The zero-order valence-corrected chi connectivity index (χ0v) is 9.88. The fraction of sp³-hybridized carbons (Fsp3) is 0.909. The average Bonchev–Trinajstić information content (AvgIpc) is 1.94. The number of nitrogens with one attached hydrogen (secondary N) is 1. The highest BCUT2D eigenvalue weighted by molar-refractivity contribution is 5.67. The van der Waals surface area contributed by atoms with Gasteiger partial charge in [-0.15, -0.1) is 0 Å². The van der Waals surface area contributed by atoms with Crippen molar-refractivity contribution in [2.45, 2.75) is 51.7 Å². The first-order valence-electron chi connectivity index (χ1n) is 5.61. The molecule has 0 aliphatic heterocycles. The number of hydrogen-bond donors (Lipinski definition) is 2. The first-order valence-corrected chi connectivity index (χ1v) is 5.61.